The van der Waals surface area contributed by atoms with Crippen molar-refractivity contribution in [2.75, 3.05) is 19.7 Å². The van der Waals surface area contributed by atoms with Crippen LogP contribution >= 0.6 is 0 Å². The average molecular weight is 486 g/mol. The Morgan fingerprint density at radius 3 is 2.60 bits per heavy atom. The summed E-state index contributed by atoms with van der Waals surface area (Å²) in [6.07, 6.45) is 8.88. The smallest absolute Gasteiger partial charge is 0.241 e. The highest BCUT2D eigenvalue weighted by atomic mass is 16.6. The maximum Gasteiger partial charge on any atom is 0.241 e. The zero-order valence-electron chi connectivity index (χ0n) is 20.6. The van der Waals surface area contributed by atoms with Gasteiger partial charge in [0.2, 0.25) is 17.9 Å². The summed E-state index contributed by atoms with van der Waals surface area (Å²) in [7, 11) is 0. The molecule has 0 aromatic carbocycles. The van der Waals surface area contributed by atoms with Gasteiger partial charge < -0.3 is 19.0 Å². The first-order chi connectivity index (χ1) is 16.7. The number of likely N-dealkylation sites (tertiary alicyclic amines) is 1. The van der Waals surface area contributed by atoms with Crippen LogP contribution in [-0.2, 0) is 20.7 Å². The quantitative estimate of drug-likeness (QED) is 0.165. The van der Waals surface area contributed by atoms with Crippen molar-refractivity contribution < 1.29 is 23.7 Å². The van der Waals surface area contributed by atoms with Crippen LogP contribution in [0.3, 0.4) is 0 Å². The Labute approximate surface area is 205 Å². The number of nitro groups is 1. The molecule has 0 radical (unpaired) electrons. The van der Waals surface area contributed by atoms with Crippen LogP contribution in [0.15, 0.2) is 42.1 Å². The predicted octanol–water partition coefficient (Wildman–Crippen LogP) is 3.68. The number of carbonyl (C=O) groups is 2. The molecule has 3 fully saturated rings. The topological polar surface area (TPSA) is 106 Å². The van der Waals surface area contributed by atoms with Gasteiger partial charge in [-0.05, 0) is 52.0 Å². The van der Waals surface area contributed by atoms with E-state index in [1.807, 2.05) is 6.08 Å². The summed E-state index contributed by atoms with van der Waals surface area (Å²) in [5, 5.41) is 12.4. The number of rotatable bonds is 10. The van der Waals surface area contributed by atoms with E-state index in [0.29, 0.717) is 43.7 Å². The fourth-order valence-electron chi connectivity index (χ4n) is 6.13. The van der Waals surface area contributed by atoms with E-state index in [1.54, 1.807) is 35.8 Å². The van der Waals surface area contributed by atoms with Crippen molar-refractivity contribution in [3.8, 4) is 0 Å². The number of amides is 2. The van der Waals surface area contributed by atoms with Gasteiger partial charge in [0.15, 0.2) is 0 Å². The lowest BCUT2D eigenvalue weighted by Gasteiger charge is -2.45. The largest absolute Gasteiger partial charge is 0.469 e. The van der Waals surface area contributed by atoms with E-state index in [9.17, 15) is 19.7 Å². The zero-order valence-corrected chi connectivity index (χ0v) is 20.6. The van der Waals surface area contributed by atoms with Crippen LogP contribution in [0.4, 0.5) is 0 Å². The van der Waals surface area contributed by atoms with Crippen molar-refractivity contribution >= 4 is 11.8 Å². The molecule has 3 saturated heterocycles. The van der Waals surface area contributed by atoms with Crippen LogP contribution in [0.5, 0.6) is 0 Å². The first-order valence-corrected chi connectivity index (χ1v) is 12.4. The van der Waals surface area contributed by atoms with Crippen molar-refractivity contribution in [3.05, 3.63) is 59.1 Å². The van der Waals surface area contributed by atoms with Crippen LogP contribution in [0.25, 0.3) is 0 Å². The van der Waals surface area contributed by atoms with Crippen molar-refractivity contribution in [2.45, 2.75) is 76.1 Å². The molecule has 9 nitrogen and oxygen atoms in total. The number of hydrogen-bond donors (Lipinski definition) is 0. The molecule has 0 saturated carbocycles. The van der Waals surface area contributed by atoms with Crippen LogP contribution in [0.2, 0.25) is 0 Å². The van der Waals surface area contributed by atoms with E-state index in [2.05, 4.69) is 13.2 Å². The number of unbranched alkanes of at least 4 members (excludes halogenated alkanes) is 2. The van der Waals surface area contributed by atoms with E-state index in [-0.39, 0.29) is 35.7 Å². The third-order valence-corrected chi connectivity index (χ3v) is 7.71. The van der Waals surface area contributed by atoms with Gasteiger partial charge in [-0.1, -0.05) is 12.2 Å². The normalized spacial score (nSPS) is 29.6. The molecule has 2 unspecified atom stereocenters. The molecule has 3 aliphatic heterocycles. The number of allylic oxidation sites excluding steroid dienone is 2. The van der Waals surface area contributed by atoms with Gasteiger partial charge >= 0.3 is 0 Å². The Hall–Kier alpha value is -2.94. The van der Waals surface area contributed by atoms with Gasteiger partial charge in [-0.15, -0.1) is 13.2 Å². The molecule has 0 aliphatic carbocycles. The lowest BCUT2D eigenvalue weighted by Crippen LogP contribution is -2.63. The van der Waals surface area contributed by atoms with Gasteiger partial charge in [-0.2, -0.15) is 0 Å². The summed E-state index contributed by atoms with van der Waals surface area (Å²) < 4.78 is 11.6. The van der Waals surface area contributed by atoms with Crippen molar-refractivity contribution in [1.82, 2.24) is 9.80 Å². The highest BCUT2D eigenvalue weighted by Gasteiger charge is 2.71. The molecule has 4 rings (SSSR count). The minimum atomic E-state index is -1.56. The standard InChI is InChI=1S/C26H35N3O6/c1-5-7-9-10-12-27-15-21(29(32)33)22(18-13-20(34-16-18)11-8-6-2)26(23(27)30)14-19-17-35-25(3,4)28(19)24(26)31/h5-6,13,16,19,21-22H,1-2,7-12,14-15,17H2,3-4H3/t19?,21?,22-,26-/m1/s1. The molecular weight excluding hydrogens is 450 g/mol. The van der Waals surface area contributed by atoms with Crippen molar-refractivity contribution in [1.29, 1.82) is 0 Å². The van der Waals surface area contributed by atoms with Crippen LogP contribution < -0.4 is 0 Å². The summed E-state index contributed by atoms with van der Waals surface area (Å²) >= 11 is 0. The van der Waals surface area contributed by atoms with Crippen LogP contribution in [0.1, 0.15) is 63.2 Å². The van der Waals surface area contributed by atoms with Crippen LogP contribution in [0, 0.1) is 15.5 Å². The SMILES string of the molecule is C=CCCCCN1CC([N+](=O)[O-])[C@@H](c2coc(CCC=C)c2)[C@]2(CC3COC(C)(C)N3C2=O)C1=O. The molecule has 0 bridgehead atoms. The third kappa shape index (κ3) is 4.20. The van der Waals surface area contributed by atoms with Gasteiger partial charge in [0.05, 0.1) is 31.4 Å². The van der Waals surface area contributed by atoms with Gasteiger partial charge in [-0.3, -0.25) is 19.7 Å². The minimum Gasteiger partial charge on any atom is -0.469 e. The van der Waals surface area contributed by atoms with Gasteiger partial charge in [0.25, 0.3) is 0 Å². The molecule has 190 valence electrons. The lowest BCUT2D eigenvalue weighted by atomic mass is 9.64. The Morgan fingerprint density at radius 1 is 1.20 bits per heavy atom. The second kappa shape index (κ2) is 9.60. The fraction of sp³-hybridized carbons (Fsp3) is 0.615. The molecular formula is C26H35N3O6. The van der Waals surface area contributed by atoms with E-state index in [1.165, 1.54) is 6.26 Å². The van der Waals surface area contributed by atoms with E-state index in [4.69, 9.17) is 9.15 Å². The second-order valence-electron chi connectivity index (χ2n) is 10.3. The molecule has 4 atom stereocenters. The highest BCUT2D eigenvalue weighted by Crippen LogP contribution is 2.56. The number of aryl methyl sites for hydroxylation is 1. The molecule has 1 aromatic heterocycles. The summed E-state index contributed by atoms with van der Waals surface area (Å²) in [4.78, 5) is 43.6. The Bertz CT molecular complexity index is 1020. The molecule has 2 amide bonds. The first-order valence-electron chi connectivity index (χ1n) is 12.4. The lowest BCUT2D eigenvalue weighted by molar-refractivity contribution is -0.531. The fourth-order valence-corrected chi connectivity index (χ4v) is 6.13. The number of fused-ring (bicyclic) bond motifs is 1. The number of piperidine rings is 1. The molecule has 35 heavy (non-hydrogen) atoms. The average Bonchev–Trinajstić information content (AvgIpc) is 3.48. The van der Waals surface area contributed by atoms with E-state index >= 15 is 0 Å². The Kier molecular flexibility index (Phi) is 6.90. The predicted molar refractivity (Wildman–Crippen MR) is 129 cm³/mol. The molecule has 9 heteroatoms. The molecule has 3 aliphatic rings. The maximum atomic E-state index is 14.2. The summed E-state index contributed by atoms with van der Waals surface area (Å²) in [5.41, 5.74) is -1.89. The number of nitrogens with zero attached hydrogens (tertiary/aromatic N) is 3. The first kappa shape index (κ1) is 25.2. The molecule has 0 N–H and O–H groups in total. The van der Waals surface area contributed by atoms with Gasteiger partial charge in [-0.25, -0.2) is 0 Å². The monoisotopic (exact) mass is 485 g/mol. The van der Waals surface area contributed by atoms with Gasteiger partial charge in [0.1, 0.15) is 16.9 Å². The Balaban J connectivity index is 1.78. The number of hydrogen-bond acceptors (Lipinski definition) is 6. The highest BCUT2D eigenvalue weighted by molar-refractivity contribution is 6.08. The van der Waals surface area contributed by atoms with Crippen molar-refractivity contribution in [2.24, 2.45) is 5.41 Å². The van der Waals surface area contributed by atoms with Crippen molar-refractivity contribution in [3.63, 3.8) is 0 Å². The van der Waals surface area contributed by atoms with E-state index < -0.39 is 23.1 Å². The number of furan rings is 1. The minimum absolute atomic E-state index is 0.0304. The van der Waals surface area contributed by atoms with E-state index in [0.717, 1.165) is 12.8 Å². The molecule has 1 aromatic rings. The molecule has 1 spiro atoms. The zero-order chi connectivity index (χ0) is 25.4. The van der Waals surface area contributed by atoms with Crippen LogP contribution in [-0.4, -0.2) is 64.0 Å². The maximum absolute atomic E-state index is 14.2. The number of carbonyl (C=O) groups excluding carboxylic acids is 2. The summed E-state index contributed by atoms with van der Waals surface area (Å²) in [6, 6.07) is 0.354. The third-order valence-electron chi connectivity index (χ3n) is 7.71. The van der Waals surface area contributed by atoms with Gasteiger partial charge in [0, 0.05) is 23.5 Å². The summed E-state index contributed by atoms with van der Waals surface area (Å²) in [6.45, 7) is 11.7. The molecule has 4 heterocycles. The number of ether oxygens (including phenoxy) is 1. The summed E-state index contributed by atoms with van der Waals surface area (Å²) in [5.74, 6) is -0.949. The second-order valence-corrected chi connectivity index (χ2v) is 10.3. The Morgan fingerprint density at radius 2 is 1.94 bits per heavy atom.